The van der Waals surface area contributed by atoms with Gasteiger partial charge in [0, 0.05) is 28.4 Å². The Balaban J connectivity index is 1.93. The van der Waals surface area contributed by atoms with Crippen LogP contribution in [0.15, 0.2) is 36.4 Å². The van der Waals surface area contributed by atoms with Crippen LogP contribution in [-0.4, -0.2) is 49.1 Å². The molecule has 0 fully saturated rings. The van der Waals surface area contributed by atoms with Gasteiger partial charge in [-0.15, -0.1) is 0 Å². The number of hydrogen-bond donors (Lipinski definition) is 1. The zero-order valence-corrected chi connectivity index (χ0v) is 18.1. The predicted molar refractivity (Wildman–Crippen MR) is 118 cm³/mol. The Kier molecular flexibility index (Phi) is 4.67. The number of hydrogen-bond acceptors (Lipinski definition) is 7. The van der Waals surface area contributed by atoms with Gasteiger partial charge in [0.2, 0.25) is 5.75 Å². The summed E-state index contributed by atoms with van der Waals surface area (Å²) in [5.74, 6) is 0.667. The van der Waals surface area contributed by atoms with E-state index in [9.17, 15) is 9.90 Å². The largest absolute Gasteiger partial charge is 0.493 e. The Morgan fingerprint density at radius 2 is 1.78 bits per heavy atom. The number of aliphatic hydroxyl groups is 1. The van der Waals surface area contributed by atoms with Crippen LogP contribution in [0.5, 0.6) is 17.2 Å². The van der Waals surface area contributed by atoms with Gasteiger partial charge in [-0.3, -0.25) is 0 Å². The summed E-state index contributed by atoms with van der Waals surface area (Å²) in [6.45, 7) is 0.444. The van der Waals surface area contributed by atoms with Crippen LogP contribution in [-0.2, 0) is 11.3 Å². The number of aromatic nitrogens is 2. The maximum atomic E-state index is 12.4. The molecule has 1 atom stereocenters. The first-order valence-electron chi connectivity index (χ1n) is 10.0. The number of pyridine rings is 1. The van der Waals surface area contributed by atoms with Crippen LogP contribution in [0.4, 0.5) is 0 Å². The minimum absolute atomic E-state index is 0.125. The molecule has 1 N–H and O–H groups in total. The lowest BCUT2D eigenvalue weighted by Crippen LogP contribution is -2.11. The van der Waals surface area contributed by atoms with E-state index in [1.165, 1.54) is 21.3 Å². The number of fused-ring (bicyclic) bond motifs is 4. The SMILES string of the molecule is COC(=O)c1cc2c3ccccc3n3c2c(n1)C(O)c1c(cc(OC)c(OC)c1OC)C3. The zero-order chi connectivity index (χ0) is 22.6. The van der Waals surface area contributed by atoms with E-state index in [2.05, 4.69) is 9.55 Å². The number of esters is 1. The minimum atomic E-state index is -1.17. The number of carbonyl (C=O) groups excluding carboxylic acids is 1. The lowest BCUT2D eigenvalue weighted by molar-refractivity contribution is 0.0593. The highest BCUT2D eigenvalue weighted by Crippen LogP contribution is 2.49. The van der Waals surface area contributed by atoms with Crippen LogP contribution in [0, 0.1) is 0 Å². The molecule has 4 aromatic rings. The van der Waals surface area contributed by atoms with Gasteiger partial charge < -0.3 is 28.6 Å². The Morgan fingerprint density at radius 3 is 2.47 bits per heavy atom. The van der Waals surface area contributed by atoms with Crippen LogP contribution in [0.3, 0.4) is 0 Å². The average molecular weight is 434 g/mol. The standard InChI is InChI=1S/C24H22N2O6/c1-29-17-9-12-11-26-16-8-6-5-7-13(16)14-10-15(24(28)32-4)25-19(20(14)26)21(27)18(12)23(31-3)22(17)30-2/h5-10,21,27H,11H2,1-4H3. The van der Waals surface area contributed by atoms with E-state index in [0.29, 0.717) is 35.1 Å². The molecule has 1 unspecified atom stereocenters. The molecule has 0 aliphatic carbocycles. The van der Waals surface area contributed by atoms with Crippen LogP contribution in [0.1, 0.15) is 33.4 Å². The number of carbonyl (C=O) groups is 1. The second-order valence-electron chi connectivity index (χ2n) is 7.50. The first-order chi connectivity index (χ1) is 15.5. The lowest BCUT2D eigenvalue weighted by Gasteiger charge is -2.21. The monoisotopic (exact) mass is 434 g/mol. The summed E-state index contributed by atoms with van der Waals surface area (Å²) < 4.78 is 23.7. The molecule has 0 amide bonds. The molecule has 0 saturated heterocycles. The molecule has 8 nitrogen and oxygen atoms in total. The van der Waals surface area contributed by atoms with Gasteiger partial charge in [-0.05, 0) is 23.8 Å². The van der Waals surface area contributed by atoms with Gasteiger partial charge in [0.05, 0.1) is 39.6 Å². The number of ether oxygens (including phenoxy) is 4. The quantitative estimate of drug-likeness (QED) is 0.492. The van der Waals surface area contributed by atoms with Crippen molar-refractivity contribution in [2.45, 2.75) is 12.6 Å². The molecule has 1 aliphatic rings. The third-order valence-corrected chi connectivity index (χ3v) is 5.98. The van der Waals surface area contributed by atoms with Crippen molar-refractivity contribution in [2.75, 3.05) is 28.4 Å². The molecule has 1 aliphatic heterocycles. The van der Waals surface area contributed by atoms with Gasteiger partial charge in [0.15, 0.2) is 11.5 Å². The lowest BCUT2D eigenvalue weighted by atomic mass is 9.97. The first-order valence-corrected chi connectivity index (χ1v) is 10.0. The van der Waals surface area contributed by atoms with Gasteiger partial charge >= 0.3 is 5.97 Å². The van der Waals surface area contributed by atoms with E-state index in [4.69, 9.17) is 18.9 Å². The summed E-state index contributed by atoms with van der Waals surface area (Å²) in [6, 6.07) is 11.4. The molecule has 32 heavy (non-hydrogen) atoms. The molecular weight excluding hydrogens is 412 g/mol. The fourth-order valence-corrected chi connectivity index (χ4v) is 4.64. The molecule has 2 aromatic carbocycles. The molecule has 0 bridgehead atoms. The first kappa shape index (κ1) is 20.1. The van der Waals surface area contributed by atoms with E-state index in [1.807, 2.05) is 30.3 Å². The maximum absolute atomic E-state index is 12.4. The van der Waals surface area contributed by atoms with Crippen molar-refractivity contribution in [1.82, 2.24) is 9.55 Å². The molecule has 2 aromatic heterocycles. The van der Waals surface area contributed by atoms with Crippen LogP contribution in [0.25, 0.3) is 21.8 Å². The number of aliphatic hydroxyl groups excluding tert-OH is 1. The normalized spacial score (nSPS) is 14.7. The number of benzene rings is 2. The van der Waals surface area contributed by atoms with Gasteiger partial charge in [-0.1, -0.05) is 18.2 Å². The molecule has 0 radical (unpaired) electrons. The van der Waals surface area contributed by atoms with Crippen molar-refractivity contribution in [2.24, 2.45) is 0 Å². The highest BCUT2D eigenvalue weighted by atomic mass is 16.5. The summed E-state index contributed by atoms with van der Waals surface area (Å²) in [4.78, 5) is 16.9. The van der Waals surface area contributed by atoms with Crippen LogP contribution >= 0.6 is 0 Å². The summed E-state index contributed by atoms with van der Waals surface area (Å²) in [5.41, 5.74) is 3.51. The van der Waals surface area contributed by atoms with E-state index < -0.39 is 12.1 Å². The Hall–Kier alpha value is -3.78. The number of rotatable bonds is 4. The second-order valence-corrected chi connectivity index (χ2v) is 7.50. The van der Waals surface area contributed by atoms with Crippen LogP contribution in [0.2, 0.25) is 0 Å². The third-order valence-electron chi connectivity index (χ3n) is 5.98. The smallest absolute Gasteiger partial charge is 0.356 e. The van der Waals surface area contributed by atoms with Crippen LogP contribution < -0.4 is 14.2 Å². The van der Waals surface area contributed by atoms with E-state index in [-0.39, 0.29) is 5.69 Å². The summed E-state index contributed by atoms with van der Waals surface area (Å²) >= 11 is 0. The fourth-order valence-electron chi connectivity index (χ4n) is 4.64. The number of para-hydroxylation sites is 1. The maximum Gasteiger partial charge on any atom is 0.356 e. The average Bonchev–Trinajstić information content (AvgIpc) is 3.08. The van der Waals surface area contributed by atoms with E-state index >= 15 is 0 Å². The summed E-state index contributed by atoms with van der Waals surface area (Å²) in [5, 5.41) is 13.4. The molecule has 0 saturated carbocycles. The van der Waals surface area contributed by atoms with Crippen molar-refractivity contribution < 1.29 is 28.8 Å². The molecule has 8 heteroatoms. The van der Waals surface area contributed by atoms with Gasteiger partial charge in [0.1, 0.15) is 11.8 Å². The van der Waals surface area contributed by atoms with E-state index in [1.54, 1.807) is 13.2 Å². The highest BCUT2D eigenvalue weighted by molar-refractivity contribution is 6.10. The second kappa shape index (κ2) is 7.42. The fraction of sp³-hybridized carbons (Fsp3) is 0.250. The van der Waals surface area contributed by atoms with E-state index in [0.717, 1.165) is 27.4 Å². The Morgan fingerprint density at radius 1 is 1.03 bits per heavy atom. The van der Waals surface area contributed by atoms with Gasteiger partial charge in [-0.25, -0.2) is 9.78 Å². The van der Waals surface area contributed by atoms with Crippen molar-refractivity contribution in [1.29, 1.82) is 0 Å². The summed E-state index contributed by atoms with van der Waals surface area (Å²) in [7, 11) is 5.89. The minimum Gasteiger partial charge on any atom is -0.493 e. The van der Waals surface area contributed by atoms with Crippen molar-refractivity contribution in [3.63, 3.8) is 0 Å². The molecule has 3 heterocycles. The Labute approximate surface area is 183 Å². The molecule has 5 rings (SSSR count). The summed E-state index contributed by atoms with van der Waals surface area (Å²) in [6.07, 6.45) is -1.17. The molecular formula is C24H22N2O6. The number of nitrogens with zero attached hydrogens (tertiary/aromatic N) is 2. The van der Waals surface area contributed by atoms with Gasteiger partial charge in [-0.2, -0.15) is 0 Å². The molecule has 0 spiro atoms. The van der Waals surface area contributed by atoms with Crippen molar-refractivity contribution >= 4 is 27.8 Å². The third kappa shape index (κ3) is 2.66. The predicted octanol–water partition coefficient (Wildman–Crippen LogP) is 3.45. The molecule has 164 valence electrons. The van der Waals surface area contributed by atoms with Gasteiger partial charge in [0.25, 0.3) is 0 Å². The van der Waals surface area contributed by atoms with Crippen molar-refractivity contribution in [3.8, 4) is 17.2 Å². The Bertz CT molecular complexity index is 1390. The number of methoxy groups -OCH3 is 4. The van der Waals surface area contributed by atoms with Crippen molar-refractivity contribution in [3.05, 3.63) is 58.9 Å². The zero-order valence-electron chi connectivity index (χ0n) is 18.1. The topological polar surface area (TPSA) is 92.0 Å². The highest BCUT2D eigenvalue weighted by Gasteiger charge is 2.33.